The zero-order valence-electron chi connectivity index (χ0n) is 14.8. The van der Waals surface area contributed by atoms with Crippen LogP contribution < -0.4 is 4.74 Å². The second-order valence-corrected chi connectivity index (χ2v) is 7.07. The van der Waals surface area contributed by atoms with E-state index >= 15 is 0 Å². The number of ketones is 1. The molecule has 1 aromatic carbocycles. The lowest BCUT2D eigenvalue weighted by molar-refractivity contribution is -0.152. The van der Waals surface area contributed by atoms with Gasteiger partial charge in [-0.05, 0) is 42.5 Å². The topological polar surface area (TPSA) is 90.0 Å². The summed E-state index contributed by atoms with van der Waals surface area (Å²) in [6, 6.07) is 6.43. The molecule has 4 atom stereocenters. The average molecular weight is 369 g/mol. The van der Waals surface area contributed by atoms with Crippen molar-refractivity contribution in [2.24, 2.45) is 23.7 Å². The van der Waals surface area contributed by atoms with Crippen LogP contribution in [0.2, 0.25) is 0 Å². The second kappa shape index (κ2) is 6.64. The summed E-state index contributed by atoms with van der Waals surface area (Å²) in [6.45, 7) is -0.888. The first-order chi connectivity index (χ1) is 13.0. The van der Waals surface area contributed by atoms with Crippen molar-refractivity contribution in [1.82, 2.24) is 4.90 Å². The molecule has 0 spiro atoms. The molecule has 2 amide bonds. The number of carbonyl (C=O) groups excluding carboxylic acids is 4. The Labute approximate surface area is 155 Å². The molecular formula is C20H19NO6. The number of rotatable bonds is 6. The van der Waals surface area contributed by atoms with Crippen LogP contribution in [0, 0.1) is 23.7 Å². The first kappa shape index (κ1) is 17.5. The van der Waals surface area contributed by atoms with Gasteiger partial charge in [0.15, 0.2) is 12.4 Å². The highest BCUT2D eigenvalue weighted by atomic mass is 16.5. The molecule has 3 aliphatic rings. The summed E-state index contributed by atoms with van der Waals surface area (Å²) in [7, 11) is 1.52. The number of allylic oxidation sites excluding steroid dienone is 2. The number of methoxy groups -OCH3 is 1. The molecule has 4 rings (SSSR count). The molecule has 1 aliphatic heterocycles. The fraction of sp³-hybridized carbons (Fsp3) is 0.400. The summed E-state index contributed by atoms with van der Waals surface area (Å²) in [5.41, 5.74) is 0.383. The Morgan fingerprint density at radius 3 is 2.19 bits per heavy atom. The normalized spacial score (nSPS) is 27.8. The van der Waals surface area contributed by atoms with Gasteiger partial charge in [-0.1, -0.05) is 12.2 Å². The van der Waals surface area contributed by atoms with E-state index in [2.05, 4.69) is 0 Å². The molecule has 0 aromatic heterocycles. The molecule has 2 fully saturated rings. The highest BCUT2D eigenvalue weighted by Crippen LogP contribution is 2.52. The van der Waals surface area contributed by atoms with E-state index in [0.717, 1.165) is 11.3 Å². The van der Waals surface area contributed by atoms with Crippen LogP contribution in [0.3, 0.4) is 0 Å². The number of carbonyl (C=O) groups is 4. The van der Waals surface area contributed by atoms with Crippen molar-refractivity contribution < 1.29 is 28.7 Å². The molecule has 0 unspecified atom stereocenters. The number of imide groups is 1. The Kier molecular flexibility index (Phi) is 4.30. The van der Waals surface area contributed by atoms with Crippen molar-refractivity contribution in [3.63, 3.8) is 0 Å². The van der Waals surface area contributed by atoms with Crippen LogP contribution in [0.25, 0.3) is 0 Å². The van der Waals surface area contributed by atoms with E-state index < -0.39 is 19.1 Å². The molecular weight excluding hydrogens is 350 g/mol. The summed E-state index contributed by atoms with van der Waals surface area (Å²) in [4.78, 5) is 50.2. The van der Waals surface area contributed by atoms with Gasteiger partial charge in [0, 0.05) is 5.56 Å². The maximum Gasteiger partial charge on any atom is 0.326 e. The zero-order valence-corrected chi connectivity index (χ0v) is 14.8. The van der Waals surface area contributed by atoms with Gasteiger partial charge in [-0.3, -0.25) is 24.1 Å². The summed E-state index contributed by atoms with van der Waals surface area (Å²) in [5.74, 6) is -1.64. The van der Waals surface area contributed by atoms with Gasteiger partial charge in [0.2, 0.25) is 11.8 Å². The Balaban J connectivity index is 1.32. The third kappa shape index (κ3) is 2.93. The third-order valence-electron chi connectivity index (χ3n) is 5.63. The van der Waals surface area contributed by atoms with E-state index in [4.69, 9.17) is 9.47 Å². The fourth-order valence-electron chi connectivity index (χ4n) is 4.30. The van der Waals surface area contributed by atoms with Gasteiger partial charge in [0.25, 0.3) is 0 Å². The predicted molar refractivity (Wildman–Crippen MR) is 92.7 cm³/mol. The van der Waals surface area contributed by atoms with Crippen molar-refractivity contribution >= 4 is 23.6 Å². The number of likely N-dealkylation sites (tertiary alicyclic amines) is 1. The van der Waals surface area contributed by atoms with Crippen molar-refractivity contribution in [2.75, 3.05) is 20.3 Å². The number of hydrogen-bond acceptors (Lipinski definition) is 6. The maximum absolute atomic E-state index is 12.5. The minimum atomic E-state index is -0.765. The number of esters is 1. The Morgan fingerprint density at radius 1 is 1.04 bits per heavy atom. The average Bonchev–Trinajstić information content (AvgIpc) is 3.36. The van der Waals surface area contributed by atoms with Crippen LogP contribution >= 0.6 is 0 Å². The predicted octanol–water partition coefficient (Wildman–Crippen LogP) is 1.23. The molecule has 7 nitrogen and oxygen atoms in total. The molecule has 140 valence electrons. The second-order valence-electron chi connectivity index (χ2n) is 7.07. The van der Waals surface area contributed by atoms with Crippen LogP contribution in [-0.2, 0) is 19.1 Å². The number of Topliss-reactive ketones (excluding diaryl/α,β-unsaturated/α-hetero) is 1. The SMILES string of the molecule is COc1ccc(C(=O)COC(=O)CN2C(=O)[C@@H]3[C@@H](C2=O)[C@H]2C=C[C@@H]3C2)cc1. The number of nitrogens with zero attached hydrogens (tertiary/aromatic N) is 1. The Bertz CT molecular complexity index is 813. The summed E-state index contributed by atoms with van der Waals surface area (Å²) in [6.07, 6.45) is 4.82. The lowest BCUT2D eigenvalue weighted by atomic mass is 9.85. The zero-order chi connectivity index (χ0) is 19.1. The number of hydrogen-bond donors (Lipinski definition) is 0. The Hall–Kier alpha value is -2.96. The quantitative estimate of drug-likeness (QED) is 0.324. The van der Waals surface area contributed by atoms with E-state index in [1.165, 1.54) is 7.11 Å². The first-order valence-corrected chi connectivity index (χ1v) is 8.86. The van der Waals surface area contributed by atoms with Gasteiger partial charge in [-0.2, -0.15) is 0 Å². The summed E-state index contributed by atoms with van der Waals surface area (Å²) < 4.78 is 10.0. The van der Waals surface area contributed by atoms with Gasteiger partial charge in [-0.15, -0.1) is 0 Å². The molecule has 2 aliphatic carbocycles. The van der Waals surface area contributed by atoms with Crippen LogP contribution in [-0.4, -0.2) is 48.7 Å². The van der Waals surface area contributed by atoms with Crippen LogP contribution in [0.5, 0.6) is 5.75 Å². The minimum Gasteiger partial charge on any atom is -0.497 e. The van der Waals surface area contributed by atoms with Gasteiger partial charge < -0.3 is 9.47 Å². The lowest BCUT2D eigenvalue weighted by Crippen LogP contribution is -2.38. The van der Waals surface area contributed by atoms with E-state index in [1.54, 1.807) is 24.3 Å². The van der Waals surface area contributed by atoms with Crippen molar-refractivity contribution in [1.29, 1.82) is 0 Å². The van der Waals surface area contributed by atoms with Crippen molar-refractivity contribution in [3.8, 4) is 5.75 Å². The molecule has 1 heterocycles. The molecule has 1 aromatic rings. The number of ether oxygens (including phenoxy) is 2. The highest BCUT2D eigenvalue weighted by Gasteiger charge is 2.59. The third-order valence-corrected chi connectivity index (χ3v) is 5.63. The first-order valence-electron chi connectivity index (χ1n) is 8.86. The summed E-state index contributed by atoms with van der Waals surface area (Å²) >= 11 is 0. The number of fused-ring (bicyclic) bond motifs is 5. The number of benzene rings is 1. The standard InChI is InChI=1S/C20H19NO6/c1-26-14-6-4-11(5-7-14)15(22)10-27-16(23)9-21-19(24)17-12-2-3-13(8-12)18(17)20(21)25/h2-7,12-13,17-18H,8-10H2,1H3/t12-,13+,17-,18-/m0/s1. The van der Waals surface area contributed by atoms with Gasteiger partial charge in [0.05, 0.1) is 18.9 Å². The smallest absolute Gasteiger partial charge is 0.326 e. The van der Waals surface area contributed by atoms with Gasteiger partial charge in [-0.25, -0.2) is 0 Å². The molecule has 0 N–H and O–H groups in total. The minimum absolute atomic E-state index is 0.0918. The molecule has 1 saturated heterocycles. The lowest BCUT2D eigenvalue weighted by Gasteiger charge is -2.16. The fourth-order valence-corrected chi connectivity index (χ4v) is 4.30. The number of amides is 2. The van der Waals surface area contributed by atoms with E-state index in [-0.39, 0.29) is 41.3 Å². The Morgan fingerprint density at radius 2 is 1.63 bits per heavy atom. The van der Waals surface area contributed by atoms with E-state index in [0.29, 0.717) is 11.3 Å². The molecule has 2 bridgehead atoms. The van der Waals surface area contributed by atoms with Crippen LogP contribution in [0.4, 0.5) is 0 Å². The van der Waals surface area contributed by atoms with Crippen molar-refractivity contribution in [2.45, 2.75) is 6.42 Å². The monoisotopic (exact) mass is 369 g/mol. The molecule has 1 saturated carbocycles. The van der Waals surface area contributed by atoms with Crippen LogP contribution in [0.1, 0.15) is 16.8 Å². The molecule has 7 heteroatoms. The van der Waals surface area contributed by atoms with Gasteiger partial charge in [0.1, 0.15) is 12.3 Å². The summed E-state index contributed by atoms with van der Waals surface area (Å²) in [5, 5.41) is 0. The maximum atomic E-state index is 12.5. The van der Waals surface area contributed by atoms with E-state index in [9.17, 15) is 19.2 Å². The molecule has 0 radical (unpaired) electrons. The largest absolute Gasteiger partial charge is 0.497 e. The van der Waals surface area contributed by atoms with Gasteiger partial charge >= 0.3 is 5.97 Å². The van der Waals surface area contributed by atoms with Crippen molar-refractivity contribution in [3.05, 3.63) is 42.0 Å². The van der Waals surface area contributed by atoms with Crippen LogP contribution in [0.15, 0.2) is 36.4 Å². The molecule has 27 heavy (non-hydrogen) atoms. The van der Waals surface area contributed by atoms with E-state index in [1.807, 2.05) is 12.2 Å². The highest BCUT2D eigenvalue weighted by molar-refractivity contribution is 6.08.